The Morgan fingerprint density at radius 1 is 1.26 bits per heavy atom. The van der Waals surface area contributed by atoms with E-state index in [1.54, 1.807) is 30.2 Å². The standard InChI is InChI=1S/C19H22N6O2/c1-23-19(27)8-16(11-21-23)24-7-6-14(12-24)9-20-18(26)13-25-17-5-3-2-4-15(17)10-22-25/h2-5,8,10-11,14H,6-7,9,12-13H2,1H3,(H,20,26)/t14-/m1/s1. The summed E-state index contributed by atoms with van der Waals surface area (Å²) in [7, 11) is 1.64. The summed E-state index contributed by atoms with van der Waals surface area (Å²) in [5, 5.41) is 12.4. The smallest absolute Gasteiger partial charge is 0.268 e. The lowest BCUT2D eigenvalue weighted by Gasteiger charge is -2.18. The highest BCUT2D eigenvalue weighted by Gasteiger charge is 2.23. The maximum absolute atomic E-state index is 12.3. The third-order valence-electron chi connectivity index (χ3n) is 5.04. The fourth-order valence-electron chi connectivity index (χ4n) is 3.47. The average Bonchev–Trinajstić information content (AvgIpc) is 3.30. The zero-order chi connectivity index (χ0) is 18.8. The first-order chi connectivity index (χ1) is 13.1. The van der Waals surface area contributed by atoms with Gasteiger partial charge in [-0.1, -0.05) is 18.2 Å². The zero-order valence-electron chi connectivity index (χ0n) is 15.2. The second-order valence-corrected chi connectivity index (χ2v) is 6.94. The molecule has 1 amide bonds. The van der Waals surface area contributed by atoms with Crippen molar-refractivity contribution in [1.82, 2.24) is 24.9 Å². The Hall–Kier alpha value is -3.16. The quantitative estimate of drug-likeness (QED) is 0.721. The molecule has 0 spiro atoms. The van der Waals surface area contributed by atoms with Crippen LogP contribution in [0.1, 0.15) is 6.42 Å². The van der Waals surface area contributed by atoms with Gasteiger partial charge in [-0.05, 0) is 18.4 Å². The highest BCUT2D eigenvalue weighted by atomic mass is 16.2. The number of aromatic nitrogens is 4. The van der Waals surface area contributed by atoms with Crippen LogP contribution in [0.3, 0.4) is 0 Å². The minimum absolute atomic E-state index is 0.0439. The van der Waals surface area contributed by atoms with E-state index in [4.69, 9.17) is 0 Å². The Labute approximate surface area is 156 Å². The molecule has 4 rings (SSSR count). The van der Waals surface area contributed by atoms with Gasteiger partial charge >= 0.3 is 0 Å². The molecule has 140 valence electrons. The van der Waals surface area contributed by atoms with Crippen molar-refractivity contribution < 1.29 is 4.79 Å². The number of amides is 1. The molecule has 1 aliphatic rings. The van der Waals surface area contributed by atoms with Gasteiger partial charge in [0.15, 0.2) is 0 Å². The monoisotopic (exact) mass is 366 g/mol. The molecule has 1 aliphatic heterocycles. The molecule has 0 saturated carbocycles. The summed E-state index contributed by atoms with van der Waals surface area (Å²) in [6, 6.07) is 9.45. The van der Waals surface area contributed by atoms with Gasteiger partial charge in [-0.25, -0.2) is 4.68 Å². The zero-order valence-corrected chi connectivity index (χ0v) is 15.2. The molecular weight excluding hydrogens is 344 g/mol. The SMILES string of the molecule is Cn1ncc(N2CC[C@H](CNC(=O)Cn3ncc4ccccc43)C2)cc1=O. The van der Waals surface area contributed by atoms with Crippen LogP contribution in [0, 0.1) is 5.92 Å². The lowest BCUT2D eigenvalue weighted by atomic mass is 10.1. The second-order valence-electron chi connectivity index (χ2n) is 6.94. The molecule has 8 nitrogen and oxygen atoms in total. The Balaban J connectivity index is 1.31. The highest BCUT2D eigenvalue weighted by molar-refractivity contribution is 5.81. The second kappa shape index (κ2) is 7.22. The van der Waals surface area contributed by atoms with Gasteiger partial charge in [0.25, 0.3) is 5.56 Å². The third-order valence-corrected chi connectivity index (χ3v) is 5.04. The Kier molecular flexibility index (Phi) is 4.62. The summed E-state index contributed by atoms with van der Waals surface area (Å²) in [6.45, 7) is 2.49. The van der Waals surface area contributed by atoms with Gasteiger partial charge in [0, 0.05) is 38.1 Å². The maximum atomic E-state index is 12.3. The first-order valence-corrected chi connectivity index (χ1v) is 9.06. The largest absolute Gasteiger partial charge is 0.370 e. The summed E-state index contributed by atoms with van der Waals surface area (Å²) in [5.74, 6) is 0.310. The summed E-state index contributed by atoms with van der Waals surface area (Å²) < 4.78 is 3.04. The van der Waals surface area contributed by atoms with Crippen molar-refractivity contribution in [2.24, 2.45) is 13.0 Å². The van der Waals surface area contributed by atoms with Crippen LogP contribution in [0.5, 0.6) is 0 Å². The summed E-state index contributed by atoms with van der Waals surface area (Å²) in [4.78, 5) is 26.2. The predicted octanol–water partition coefficient (Wildman–Crippen LogP) is 0.773. The third kappa shape index (κ3) is 3.69. The number of fused-ring (bicyclic) bond motifs is 1. The van der Waals surface area contributed by atoms with Crippen LogP contribution in [0.15, 0.2) is 47.5 Å². The molecule has 1 atom stereocenters. The van der Waals surface area contributed by atoms with Crippen molar-refractivity contribution in [2.45, 2.75) is 13.0 Å². The van der Waals surface area contributed by atoms with E-state index >= 15 is 0 Å². The van der Waals surface area contributed by atoms with Gasteiger partial charge in [-0.2, -0.15) is 10.2 Å². The molecule has 8 heteroatoms. The Morgan fingerprint density at radius 2 is 2.11 bits per heavy atom. The summed E-state index contributed by atoms with van der Waals surface area (Å²) in [6.07, 6.45) is 4.46. The number of rotatable bonds is 5. The van der Waals surface area contributed by atoms with Crippen LogP contribution >= 0.6 is 0 Å². The van der Waals surface area contributed by atoms with Crippen molar-refractivity contribution >= 4 is 22.5 Å². The number of hydrogen-bond donors (Lipinski definition) is 1. The molecule has 2 aromatic heterocycles. The van der Waals surface area contributed by atoms with E-state index in [2.05, 4.69) is 20.4 Å². The molecule has 0 bridgehead atoms. The molecule has 1 fully saturated rings. The molecule has 3 aromatic rings. The molecular formula is C19H22N6O2. The van der Waals surface area contributed by atoms with E-state index in [-0.39, 0.29) is 18.0 Å². The van der Waals surface area contributed by atoms with Crippen molar-refractivity contribution in [1.29, 1.82) is 0 Å². The number of hydrogen-bond acceptors (Lipinski definition) is 5. The first kappa shape index (κ1) is 17.3. The van der Waals surface area contributed by atoms with Crippen LogP contribution in [0.4, 0.5) is 5.69 Å². The molecule has 1 aromatic carbocycles. The number of nitrogens with one attached hydrogen (secondary N) is 1. The fraction of sp³-hybridized carbons (Fsp3) is 0.368. The van der Waals surface area contributed by atoms with E-state index in [1.807, 2.05) is 24.3 Å². The van der Waals surface area contributed by atoms with Gasteiger partial charge in [0.1, 0.15) is 6.54 Å². The maximum Gasteiger partial charge on any atom is 0.268 e. The molecule has 27 heavy (non-hydrogen) atoms. The summed E-state index contributed by atoms with van der Waals surface area (Å²) >= 11 is 0. The number of benzene rings is 1. The van der Waals surface area contributed by atoms with Gasteiger partial charge in [0.05, 0.1) is 23.6 Å². The lowest BCUT2D eigenvalue weighted by Crippen LogP contribution is -2.33. The number of carbonyl (C=O) groups excluding carboxylic acids is 1. The van der Waals surface area contributed by atoms with E-state index in [0.29, 0.717) is 12.5 Å². The topological polar surface area (TPSA) is 85.1 Å². The van der Waals surface area contributed by atoms with Crippen LogP contribution in [0.2, 0.25) is 0 Å². The number of para-hydroxylation sites is 1. The van der Waals surface area contributed by atoms with E-state index < -0.39 is 0 Å². The fourth-order valence-corrected chi connectivity index (χ4v) is 3.47. The number of anilines is 1. The normalized spacial score (nSPS) is 16.8. The predicted molar refractivity (Wildman–Crippen MR) is 103 cm³/mol. The molecule has 3 heterocycles. The van der Waals surface area contributed by atoms with Gasteiger partial charge in [0.2, 0.25) is 5.91 Å². The van der Waals surface area contributed by atoms with Gasteiger partial charge in [-0.3, -0.25) is 14.3 Å². The number of carbonyl (C=O) groups is 1. The van der Waals surface area contributed by atoms with Gasteiger partial charge in [-0.15, -0.1) is 0 Å². The van der Waals surface area contributed by atoms with Crippen molar-refractivity contribution in [2.75, 3.05) is 24.5 Å². The van der Waals surface area contributed by atoms with Crippen molar-refractivity contribution in [3.63, 3.8) is 0 Å². The molecule has 0 unspecified atom stereocenters. The van der Waals surface area contributed by atoms with E-state index in [9.17, 15) is 9.59 Å². The Bertz CT molecular complexity index is 1020. The van der Waals surface area contributed by atoms with Crippen LogP contribution in [0.25, 0.3) is 10.9 Å². The minimum Gasteiger partial charge on any atom is -0.370 e. The van der Waals surface area contributed by atoms with Crippen LogP contribution < -0.4 is 15.8 Å². The molecule has 0 aliphatic carbocycles. The van der Waals surface area contributed by atoms with Crippen LogP contribution in [-0.4, -0.2) is 45.1 Å². The lowest BCUT2D eigenvalue weighted by molar-refractivity contribution is -0.121. The number of aryl methyl sites for hydroxylation is 1. The number of nitrogens with zero attached hydrogens (tertiary/aromatic N) is 5. The minimum atomic E-state index is -0.115. The van der Waals surface area contributed by atoms with E-state index in [1.165, 1.54) is 4.68 Å². The molecule has 1 saturated heterocycles. The van der Waals surface area contributed by atoms with Gasteiger partial charge < -0.3 is 10.2 Å². The van der Waals surface area contributed by atoms with Crippen LogP contribution in [-0.2, 0) is 18.4 Å². The Morgan fingerprint density at radius 3 is 2.96 bits per heavy atom. The van der Waals surface area contributed by atoms with Crippen molar-refractivity contribution in [3.8, 4) is 0 Å². The highest BCUT2D eigenvalue weighted by Crippen LogP contribution is 2.21. The molecule has 1 N–H and O–H groups in total. The molecule has 0 radical (unpaired) electrons. The van der Waals surface area contributed by atoms with Crippen molar-refractivity contribution in [3.05, 3.63) is 53.1 Å². The first-order valence-electron chi connectivity index (χ1n) is 9.06. The summed E-state index contributed by atoms with van der Waals surface area (Å²) in [5.41, 5.74) is 1.68. The van der Waals surface area contributed by atoms with E-state index in [0.717, 1.165) is 36.1 Å². The average molecular weight is 366 g/mol.